The lowest BCUT2D eigenvalue weighted by Crippen LogP contribution is -2.54. The first-order chi connectivity index (χ1) is 13.6. The Morgan fingerprint density at radius 2 is 1.97 bits per heavy atom. The van der Waals surface area contributed by atoms with Gasteiger partial charge in [0.1, 0.15) is 5.78 Å². The van der Waals surface area contributed by atoms with Gasteiger partial charge in [-0.15, -0.1) is 0 Å². The second-order valence-corrected chi connectivity index (χ2v) is 8.73. The van der Waals surface area contributed by atoms with E-state index in [0.29, 0.717) is 32.1 Å². The average molecular weight is 404 g/mol. The standard InChI is InChI=1S/C22H28O7/c1-13(23)17(28-14(2)24)18-19-21(3,9-5-10-22(19,4)20(26)29-18)16(25)7-6-15-8-11-27-12-15/h8,11-12,17-19H,5-7,9-10H2,1-4H3. The third-order valence-corrected chi connectivity index (χ3v) is 6.65. The summed E-state index contributed by atoms with van der Waals surface area (Å²) in [5.74, 6) is -1.98. The van der Waals surface area contributed by atoms with Crippen molar-refractivity contribution < 1.29 is 33.1 Å². The Morgan fingerprint density at radius 3 is 2.55 bits per heavy atom. The van der Waals surface area contributed by atoms with E-state index in [1.165, 1.54) is 13.8 Å². The molecule has 0 N–H and O–H groups in total. The number of Topliss-reactive ketones (excluding diaryl/α,β-unsaturated/α-hetero) is 2. The van der Waals surface area contributed by atoms with Crippen molar-refractivity contribution in [1.29, 1.82) is 0 Å². The Kier molecular flexibility index (Phi) is 5.70. The molecule has 0 amide bonds. The molecule has 5 unspecified atom stereocenters. The van der Waals surface area contributed by atoms with Crippen LogP contribution in [0.5, 0.6) is 0 Å². The number of ether oxygens (including phenoxy) is 2. The van der Waals surface area contributed by atoms with Crippen LogP contribution in [0.2, 0.25) is 0 Å². The van der Waals surface area contributed by atoms with Gasteiger partial charge in [-0.3, -0.25) is 19.2 Å². The number of furan rings is 1. The first-order valence-electron chi connectivity index (χ1n) is 10.0. The van der Waals surface area contributed by atoms with E-state index >= 15 is 0 Å². The number of ketones is 2. The minimum Gasteiger partial charge on any atom is -0.472 e. The lowest BCUT2D eigenvalue weighted by atomic mass is 9.53. The minimum absolute atomic E-state index is 0.0167. The predicted octanol–water partition coefficient (Wildman–Crippen LogP) is 3.04. The summed E-state index contributed by atoms with van der Waals surface area (Å²) in [6.45, 7) is 6.17. The number of carbonyl (C=O) groups is 4. The highest BCUT2D eigenvalue weighted by Crippen LogP contribution is 2.59. The quantitative estimate of drug-likeness (QED) is 0.644. The molecule has 0 bridgehead atoms. The van der Waals surface area contributed by atoms with E-state index in [1.54, 1.807) is 19.5 Å². The topological polar surface area (TPSA) is 99.9 Å². The molecule has 0 spiro atoms. The van der Waals surface area contributed by atoms with Gasteiger partial charge >= 0.3 is 11.9 Å². The van der Waals surface area contributed by atoms with Gasteiger partial charge in [0.2, 0.25) is 0 Å². The monoisotopic (exact) mass is 404 g/mol. The Hall–Kier alpha value is -2.44. The average Bonchev–Trinajstić information content (AvgIpc) is 3.24. The van der Waals surface area contributed by atoms with Crippen LogP contribution in [0.25, 0.3) is 0 Å². The van der Waals surface area contributed by atoms with E-state index in [2.05, 4.69) is 0 Å². The van der Waals surface area contributed by atoms with E-state index < -0.39 is 46.7 Å². The number of carbonyl (C=O) groups excluding carboxylic acids is 4. The Bertz CT molecular complexity index is 811. The van der Waals surface area contributed by atoms with Gasteiger partial charge in [-0.05, 0) is 44.7 Å². The summed E-state index contributed by atoms with van der Waals surface area (Å²) in [4.78, 5) is 50.0. The van der Waals surface area contributed by atoms with Crippen LogP contribution < -0.4 is 0 Å². The maximum atomic E-state index is 13.4. The zero-order valence-corrected chi connectivity index (χ0v) is 17.4. The molecule has 2 heterocycles. The molecule has 0 aromatic carbocycles. The molecule has 0 radical (unpaired) electrons. The highest BCUT2D eigenvalue weighted by Gasteiger charge is 2.66. The Balaban J connectivity index is 1.93. The summed E-state index contributed by atoms with van der Waals surface area (Å²) >= 11 is 0. The van der Waals surface area contributed by atoms with Crippen molar-refractivity contribution in [2.75, 3.05) is 0 Å². The van der Waals surface area contributed by atoms with Gasteiger partial charge in [0.05, 0.1) is 17.9 Å². The van der Waals surface area contributed by atoms with Crippen LogP contribution in [0.4, 0.5) is 0 Å². The summed E-state index contributed by atoms with van der Waals surface area (Å²) < 4.78 is 15.9. The maximum absolute atomic E-state index is 13.4. The molecule has 158 valence electrons. The van der Waals surface area contributed by atoms with Crippen LogP contribution in [-0.4, -0.2) is 35.7 Å². The molecular weight excluding hydrogens is 376 g/mol. The van der Waals surface area contributed by atoms with Crippen LogP contribution in [0.1, 0.15) is 58.9 Å². The number of rotatable bonds is 7. The SMILES string of the molecule is CC(=O)OC(C(C)=O)C1OC(=O)C2(C)CCCC(C)(C(=O)CCc3ccoc3)C12. The van der Waals surface area contributed by atoms with Crippen LogP contribution in [0.15, 0.2) is 23.0 Å². The van der Waals surface area contributed by atoms with Crippen molar-refractivity contribution in [3.05, 3.63) is 24.2 Å². The van der Waals surface area contributed by atoms with E-state index in [9.17, 15) is 19.2 Å². The molecule has 1 aliphatic carbocycles. The molecule has 2 fully saturated rings. The van der Waals surface area contributed by atoms with Gasteiger partial charge in [0.15, 0.2) is 18.0 Å². The molecule has 5 atom stereocenters. The van der Waals surface area contributed by atoms with Crippen LogP contribution in [0.3, 0.4) is 0 Å². The molecule has 7 nitrogen and oxygen atoms in total. The van der Waals surface area contributed by atoms with Crippen LogP contribution >= 0.6 is 0 Å². The summed E-state index contributed by atoms with van der Waals surface area (Å²) in [6, 6.07) is 1.82. The first kappa shape index (κ1) is 21.3. The van der Waals surface area contributed by atoms with Gasteiger partial charge < -0.3 is 13.9 Å². The van der Waals surface area contributed by atoms with Gasteiger partial charge in [0.25, 0.3) is 0 Å². The van der Waals surface area contributed by atoms with E-state index in [-0.39, 0.29) is 5.78 Å². The predicted molar refractivity (Wildman–Crippen MR) is 102 cm³/mol. The Labute approximate surface area is 170 Å². The summed E-state index contributed by atoms with van der Waals surface area (Å²) in [7, 11) is 0. The van der Waals surface area contributed by atoms with Gasteiger partial charge in [-0.1, -0.05) is 13.3 Å². The number of aryl methyl sites for hydroxylation is 1. The van der Waals surface area contributed by atoms with E-state index in [4.69, 9.17) is 13.9 Å². The fourth-order valence-corrected chi connectivity index (χ4v) is 5.21. The molecule has 1 aliphatic heterocycles. The lowest BCUT2D eigenvalue weighted by molar-refractivity contribution is -0.168. The van der Waals surface area contributed by atoms with Crippen molar-refractivity contribution in [3.63, 3.8) is 0 Å². The molecule has 1 saturated heterocycles. The fraction of sp³-hybridized carbons (Fsp3) is 0.636. The Morgan fingerprint density at radius 1 is 1.24 bits per heavy atom. The number of hydrogen-bond donors (Lipinski definition) is 0. The largest absolute Gasteiger partial charge is 0.472 e. The highest BCUT2D eigenvalue weighted by atomic mass is 16.6. The van der Waals surface area contributed by atoms with Gasteiger partial charge in [-0.25, -0.2) is 0 Å². The van der Waals surface area contributed by atoms with Crippen molar-refractivity contribution >= 4 is 23.5 Å². The van der Waals surface area contributed by atoms with Gasteiger partial charge in [0, 0.05) is 24.7 Å². The van der Waals surface area contributed by atoms with Gasteiger partial charge in [-0.2, -0.15) is 0 Å². The molecule has 1 aromatic heterocycles. The van der Waals surface area contributed by atoms with Crippen molar-refractivity contribution in [3.8, 4) is 0 Å². The summed E-state index contributed by atoms with van der Waals surface area (Å²) in [5, 5.41) is 0. The first-order valence-corrected chi connectivity index (χ1v) is 10.0. The molecule has 1 aromatic rings. The zero-order valence-electron chi connectivity index (χ0n) is 17.4. The highest BCUT2D eigenvalue weighted by molar-refractivity contribution is 5.90. The number of hydrogen-bond acceptors (Lipinski definition) is 7. The zero-order chi connectivity index (χ0) is 21.4. The fourth-order valence-electron chi connectivity index (χ4n) is 5.21. The number of esters is 2. The van der Waals surface area contributed by atoms with Crippen molar-refractivity contribution in [1.82, 2.24) is 0 Å². The van der Waals surface area contributed by atoms with E-state index in [0.717, 1.165) is 5.56 Å². The molecule has 29 heavy (non-hydrogen) atoms. The minimum atomic E-state index is -1.21. The maximum Gasteiger partial charge on any atom is 0.312 e. The second kappa shape index (κ2) is 7.76. The van der Waals surface area contributed by atoms with Crippen molar-refractivity contribution in [2.45, 2.75) is 72.0 Å². The molecule has 1 saturated carbocycles. The van der Waals surface area contributed by atoms with Crippen LogP contribution in [0, 0.1) is 16.7 Å². The van der Waals surface area contributed by atoms with E-state index in [1.807, 2.05) is 13.0 Å². The van der Waals surface area contributed by atoms with Crippen molar-refractivity contribution in [2.24, 2.45) is 16.7 Å². The molecular formula is C22H28O7. The molecule has 3 rings (SSSR count). The third kappa shape index (κ3) is 3.74. The lowest BCUT2D eigenvalue weighted by Gasteiger charge is -2.47. The molecule has 2 aliphatic rings. The third-order valence-electron chi connectivity index (χ3n) is 6.65. The number of cyclic esters (lactones) is 1. The summed E-state index contributed by atoms with van der Waals surface area (Å²) in [6.07, 6.45) is 3.71. The smallest absolute Gasteiger partial charge is 0.312 e. The van der Waals surface area contributed by atoms with Crippen LogP contribution in [-0.2, 0) is 35.1 Å². The molecule has 7 heteroatoms. The summed E-state index contributed by atoms with van der Waals surface area (Å²) in [5.41, 5.74) is -0.824. The second-order valence-electron chi connectivity index (χ2n) is 8.73. The number of fused-ring (bicyclic) bond motifs is 1. The normalized spacial score (nSPS) is 32.2.